The van der Waals surface area contributed by atoms with Crippen molar-refractivity contribution in [1.29, 1.82) is 0 Å². The Morgan fingerprint density at radius 2 is 2.00 bits per heavy atom. The van der Waals surface area contributed by atoms with Crippen molar-refractivity contribution in [2.45, 2.75) is 44.7 Å². The minimum Gasteiger partial charge on any atom is -0.336 e. The Morgan fingerprint density at radius 1 is 1.23 bits per heavy atom. The van der Waals surface area contributed by atoms with E-state index in [1.165, 1.54) is 0 Å². The third kappa shape index (κ3) is 2.77. The van der Waals surface area contributed by atoms with Gasteiger partial charge in [0.15, 0.2) is 0 Å². The first-order valence-electron chi connectivity index (χ1n) is 9.36. The molecule has 1 aliphatic carbocycles. The summed E-state index contributed by atoms with van der Waals surface area (Å²) >= 11 is 0. The Hall–Kier alpha value is -2.38. The van der Waals surface area contributed by atoms with Crippen molar-refractivity contribution in [2.75, 3.05) is 19.8 Å². The van der Waals surface area contributed by atoms with Crippen LogP contribution < -0.4 is 0 Å². The van der Waals surface area contributed by atoms with Crippen LogP contribution in [0, 0.1) is 5.92 Å². The second-order valence-corrected chi connectivity index (χ2v) is 7.44. The molecule has 0 unspecified atom stereocenters. The summed E-state index contributed by atoms with van der Waals surface area (Å²) in [5, 5.41) is 0. The molecule has 4 rings (SSSR count). The molecule has 0 spiro atoms. The van der Waals surface area contributed by atoms with Gasteiger partial charge in [-0.05, 0) is 26.2 Å². The average Bonchev–Trinajstić information content (AvgIpc) is 3.26. The second-order valence-electron chi connectivity index (χ2n) is 7.44. The standard InChI is InChI=1S/C18H25N5O3/c1-3-22-14(24)7-6-13(16(22)17-19-8-9-20(17)2)18(26)21-10-15(25)23(11-21)12-4-5-12/h8-9,12-13,16H,3-7,10-11H2,1-2H3/t13-,16-/m0/s1. The Morgan fingerprint density at radius 3 is 2.62 bits per heavy atom. The topological polar surface area (TPSA) is 78.8 Å². The summed E-state index contributed by atoms with van der Waals surface area (Å²) in [6.45, 7) is 2.99. The molecule has 8 heteroatoms. The highest BCUT2D eigenvalue weighted by Gasteiger charge is 2.46. The van der Waals surface area contributed by atoms with E-state index in [9.17, 15) is 14.4 Å². The maximum absolute atomic E-state index is 13.3. The zero-order valence-corrected chi connectivity index (χ0v) is 15.3. The van der Waals surface area contributed by atoms with E-state index in [0.29, 0.717) is 32.1 Å². The van der Waals surface area contributed by atoms with Crippen molar-refractivity contribution in [1.82, 2.24) is 24.3 Å². The summed E-state index contributed by atoms with van der Waals surface area (Å²) in [5.74, 6) is 0.416. The van der Waals surface area contributed by atoms with Gasteiger partial charge in [-0.2, -0.15) is 0 Å². The van der Waals surface area contributed by atoms with E-state index < -0.39 is 0 Å². The lowest BCUT2D eigenvalue weighted by atomic mass is 9.86. The highest BCUT2D eigenvalue weighted by molar-refractivity contribution is 5.90. The summed E-state index contributed by atoms with van der Waals surface area (Å²) in [5.41, 5.74) is 0. The van der Waals surface area contributed by atoms with Crippen LogP contribution >= 0.6 is 0 Å². The Labute approximate surface area is 152 Å². The third-order valence-electron chi connectivity index (χ3n) is 5.76. The zero-order chi connectivity index (χ0) is 18.4. The molecule has 3 aliphatic rings. The van der Waals surface area contributed by atoms with Crippen molar-refractivity contribution >= 4 is 17.7 Å². The van der Waals surface area contributed by atoms with Crippen molar-refractivity contribution in [3.8, 4) is 0 Å². The number of piperidine rings is 1. The zero-order valence-electron chi connectivity index (χ0n) is 15.3. The molecule has 0 N–H and O–H groups in total. The van der Waals surface area contributed by atoms with Crippen LogP contribution in [0.25, 0.3) is 0 Å². The molecule has 8 nitrogen and oxygen atoms in total. The normalized spacial score (nSPS) is 26.8. The fourth-order valence-corrected chi connectivity index (χ4v) is 4.22. The highest BCUT2D eigenvalue weighted by atomic mass is 16.2. The number of imidazole rings is 1. The van der Waals surface area contributed by atoms with Gasteiger partial charge < -0.3 is 19.3 Å². The molecule has 3 fully saturated rings. The fraction of sp³-hybridized carbons (Fsp3) is 0.667. The summed E-state index contributed by atoms with van der Waals surface area (Å²) in [4.78, 5) is 47.6. The molecule has 0 aromatic carbocycles. The highest BCUT2D eigenvalue weighted by Crippen LogP contribution is 2.38. The first kappa shape index (κ1) is 17.1. The third-order valence-corrected chi connectivity index (χ3v) is 5.76. The van der Waals surface area contributed by atoms with Gasteiger partial charge in [0.05, 0.1) is 12.6 Å². The van der Waals surface area contributed by atoms with Crippen LogP contribution in [-0.2, 0) is 21.4 Å². The van der Waals surface area contributed by atoms with Crippen molar-refractivity contribution in [3.63, 3.8) is 0 Å². The van der Waals surface area contributed by atoms with Crippen LogP contribution in [0.1, 0.15) is 44.5 Å². The van der Waals surface area contributed by atoms with E-state index >= 15 is 0 Å². The first-order chi connectivity index (χ1) is 12.5. The molecule has 2 atom stereocenters. The van der Waals surface area contributed by atoms with Gasteiger partial charge in [-0.1, -0.05) is 0 Å². The molecule has 0 bridgehead atoms. The smallest absolute Gasteiger partial charge is 0.243 e. The lowest BCUT2D eigenvalue weighted by molar-refractivity contribution is -0.148. The molecular formula is C18H25N5O3. The minimum atomic E-state index is -0.376. The van der Waals surface area contributed by atoms with E-state index in [4.69, 9.17) is 0 Å². The number of hydrogen-bond acceptors (Lipinski definition) is 4. The summed E-state index contributed by atoms with van der Waals surface area (Å²) in [6.07, 6.45) is 6.45. The molecule has 0 radical (unpaired) electrons. The molecule has 140 valence electrons. The number of carbonyl (C=O) groups excluding carboxylic acids is 3. The largest absolute Gasteiger partial charge is 0.336 e. The van der Waals surface area contributed by atoms with Gasteiger partial charge in [-0.3, -0.25) is 14.4 Å². The van der Waals surface area contributed by atoms with E-state index in [2.05, 4.69) is 4.98 Å². The fourth-order valence-electron chi connectivity index (χ4n) is 4.22. The first-order valence-corrected chi connectivity index (χ1v) is 9.36. The molecule has 1 saturated carbocycles. The van der Waals surface area contributed by atoms with Gasteiger partial charge in [-0.25, -0.2) is 4.98 Å². The Balaban J connectivity index is 1.60. The van der Waals surface area contributed by atoms with Crippen LogP contribution in [0.4, 0.5) is 0 Å². The Bertz CT molecular complexity index is 741. The Kier molecular flexibility index (Phi) is 4.20. The molecule has 1 aromatic rings. The van der Waals surface area contributed by atoms with E-state index in [1.54, 1.807) is 16.0 Å². The number of nitrogens with zero attached hydrogens (tertiary/aromatic N) is 5. The number of aromatic nitrogens is 2. The molecule has 2 saturated heterocycles. The van der Waals surface area contributed by atoms with Crippen LogP contribution in [0.3, 0.4) is 0 Å². The molecular weight excluding hydrogens is 334 g/mol. The van der Waals surface area contributed by atoms with Crippen molar-refractivity contribution in [3.05, 3.63) is 18.2 Å². The molecule has 3 amide bonds. The van der Waals surface area contributed by atoms with Crippen LogP contribution in [-0.4, -0.2) is 67.8 Å². The molecule has 3 heterocycles. The van der Waals surface area contributed by atoms with Crippen LogP contribution in [0.5, 0.6) is 0 Å². The molecule has 1 aromatic heterocycles. The van der Waals surface area contributed by atoms with Crippen LogP contribution in [0.2, 0.25) is 0 Å². The number of amides is 3. The molecule has 2 aliphatic heterocycles. The second kappa shape index (κ2) is 6.41. The van der Waals surface area contributed by atoms with Gasteiger partial charge in [0, 0.05) is 38.4 Å². The average molecular weight is 359 g/mol. The van der Waals surface area contributed by atoms with Gasteiger partial charge >= 0.3 is 0 Å². The maximum atomic E-state index is 13.3. The number of aryl methyl sites for hydroxylation is 1. The number of likely N-dealkylation sites (tertiary alicyclic amines) is 1. The van der Waals surface area contributed by atoms with Crippen molar-refractivity contribution < 1.29 is 14.4 Å². The van der Waals surface area contributed by atoms with E-state index in [-0.39, 0.29) is 36.2 Å². The summed E-state index contributed by atoms with van der Waals surface area (Å²) < 4.78 is 1.87. The monoisotopic (exact) mass is 359 g/mol. The van der Waals surface area contributed by atoms with E-state index in [0.717, 1.165) is 18.7 Å². The number of carbonyl (C=O) groups is 3. The predicted octanol–water partition coefficient (Wildman–Crippen LogP) is 0.510. The van der Waals surface area contributed by atoms with Gasteiger partial charge in [-0.15, -0.1) is 0 Å². The maximum Gasteiger partial charge on any atom is 0.243 e. The van der Waals surface area contributed by atoms with Crippen molar-refractivity contribution in [2.24, 2.45) is 13.0 Å². The van der Waals surface area contributed by atoms with Gasteiger partial charge in [0.25, 0.3) is 0 Å². The molecule has 26 heavy (non-hydrogen) atoms. The van der Waals surface area contributed by atoms with Gasteiger partial charge in [0.1, 0.15) is 18.4 Å². The van der Waals surface area contributed by atoms with Gasteiger partial charge in [0.2, 0.25) is 17.7 Å². The minimum absolute atomic E-state index is 0.0358. The van der Waals surface area contributed by atoms with Crippen LogP contribution in [0.15, 0.2) is 12.4 Å². The lowest BCUT2D eigenvalue weighted by Gasteiger charge is -2.40. The number of hydrogen-bond donors (Lipinski definition) is 0. The number of rotatable bonds is 4. The summed E-state index contributed by atoms with van der Waals surface area (Å²) in [7, 11) is 1.88. The predicted molar refractivity (Wildman–Crippen MR) is 92.5 cm³/mol. The quantitative estimate of drug-likeness (QED) is 0.785. The SMILES string of the molecule is CCN1C(=O)CC[C@H](C(=O)N2CC(=O)N(C3CC3)C2)[C@H]1c1nccn1C. The lowest BCUT2D eigenvalue weighted by Crippen LogP contribution is -2.49. The summed E-state index contributed by atoms with van der Waals surface area (Å²) in [6, 6.07) is -0.0652. The van der Waals surface area contributed by atoms with E-state index in [1.807, 2.05) is 29.6 Å².